The summed E-state index contributed by atoms with van der Waals surface area (Å²) in [5.41, 5.74) is 1.93. The third kappa shape index (κ3) is 4.24. The second kappa shape index (κ2) is 7.54. The van der Waals surface area contributed by atoms with Gasteiger partial charge in [0.25, 0.3) is 0 Å². The molecule has 0 saturated carbocycles. The van der Waals surface area contributed by atoms with Gasteiger partial charge in [-0.25, -0.2) is 9.97 Å². The van der Waals surface area contributed by atoms with Gasteiger partial charge in [-0.2, -0.15) is 0 Å². The monoisotopic (exact) mass is 328 g/mol. The number of imidazole rings is 1. The average Bonchev–Trinajstić information content (AvgIpc) is 2.80. The lowest BCUT2D eigenvalue weighted by Gasteiger charge is -2.05. The van der Waals surface area contributed by atoms with E-state index < -0.39 is 0 Å². The maximum atomic E-state index is 8.56. The fourth-order valence-corrected chi connectivity index (χ4v) is 2.04. The summed E-state index contributed by atoms with van der Waals surface area (Å²) in [5, 5.41) is 11.9. The second-order valence-electron chi connectivity index (χ2n) is 4.05. The minimum Gasteiger partial charge on any atom is -0.394 e. The molecule has 19 heavy (non-hydrogen) atoms. The number of rotatable bonds is 8. The number of fused-ring (bicyclic) bond motifs is 1. The number of aromatic nitrogens is 3. The molecule has 0 bridgehead atoms. The smallest absolute Gasteiger partial charge is 0.155 e. The summed E-state index contributed by atoms with van der Waals surface area (Å²) in [6.45, 7) is 2.77. The Morgan fingerprint density at radius 2 is 2.21 bits per heavy atom. The van der Waals surface area contributed by atoms with Crippen molar-refractivity contribution in [1.82, 2.24) is 19.7 Å². The standard InChI is InChI=1S/C12H17BrN4O2/c13-11-9-17-10(7-16-12(17)8-15-11)6-14-2-1-4-19-5-3-18/h7-9,14,18H,1-6H2. The summed E-state index contributed by atoms with van der Waals surface area (Å²) in [6.07, 6.45) is 6.40. The van der Waals surface area contributed by atoms with Gasteiger partial charge in [0.2, 0.25) is 0 Å². The van der Waals surface area contributed by atoms with Crippen LogP contribution in [0.25, 0.3) is 5.65 Å². The molecule has 104 valence electrons. The zero-order valence-corrected chi connectivity index (χ0v) is 12.1. The highest BCUT2D eigenvalue weighted by Gasteiger charge is 2.03. The Morgan fingerprint density at radius 3 is 3.05 bits per heavy atom. The summed E-state index contributed by atoms with van der Waals surface area (Å²) >= 11 is 3.35. The molecule has 0 fully saturated rings. The fraction of sp³-hybridized carbons (Fsp3) is 0.500. The van der Waals surface area contributed by atoms with Gasteiger partial charge in [0.05, 0.1) is 31.3 Å². The molecule has 0 spiro atoms. The topological polar surface area (TPSA) is 71.7 Å². The van der Waals surface area contributed by atoms with E-state index in [9.17, 15) is 0 Å². The molecule has 0 aromatic carbocycles. The van der Waals surface area contributed by atoms with Crippen LogP contribution in [-0.4, -0.2) is 45.8 Å². The molecule has 0 amide bonds. The van der Waals surface area contributed by atoms with E-state index in [2.05, 4.69) is 31.2 Å². The van der Waals surface area contributed by atoms with Crippen LogP contribution in [0.15, 0.2) is 23.2 Å². The Hall–Kier alpha value is -1.02. The summed E-state index contributed by atoms with van der Waals surface area (Å²) in [4.78, 5) is 8.42. The van der Waals surface area contributed by atoms with E-state index in [1.807, 2.05) is 16.8 Å². The van der Waals surface area contributed by atoms with Gasteiger partial charge in [-0.05, 0) is 28.9 Å². The van der Waals surface area contributed by atoms with Crippen molar-refractivity contribution >= 4 is 21.6 Å². The van der Waals surface area contributed by atoms with Gasteiger partial charge in [-0.15, -0.1) is 0 Å². The Bertz CT molecular complexity index is 517. The van der Waals surface area contributed by atoms with Gasteiger partial charge in [0.15, 0.2) is 5.65 Å². The molecule has 6 nitrogen and oxygen atoms in total. The molecular formula is C12H17BrN4O2. The SMILES string of the molecule is OCCOCCCNCc1cnc2cnc(Br)cn12. The number of nitrogens with zero attached hydrogens (tertiary/aromatic N) is 3. The molecule has 0 radical (unpaired) electrons. The normalized spacial score (nSPS) is 11.3. The molecule has 0 aliphatic heterocycles. The highest BCUT2D eigenvalue weighted by Crippen LogP contribution is 2.10. The van der Waals surface area contributed by atoms with E-state index in [-0.39, 0.29) is 6.61 Å². The molecule has 2 aromatic heterocycles. The summed E-state index contributed by atoms with van der Waals surface area (Å²) in [7, 11) is 0. The van der Waals surface area contributed by atoms with Gasteiger partial charge in [0, 0.05) is 19.3 Å². The Balaban J connectivity index is 1.77. The molecule has 2 N–H and O–H groups in total. The molecule has 2 rings (SSSR count). The van der Waals surface area contributed by atoms with E-state index >= 15 is 0 Å². The number of halogens is 1. The molecular weight excluding hydrogens is 312 g/mol. The Labute approximate surface area is 120 Å². The number of ether oxygens (including phenoxy) is 1. The lowest BCUT2D eigenvalue weighted by atomic mass is 10.4. The van der Waals surface area contributed by atoms with E-state index in [0.29, 0.717) is 13.2 Å². The fourth-order valence-electron chi connectivity index (χ4n) is 1.73. The predicted octanol–water partition coefficient (Wildman–Crippen LogP) is 0.980. The van der Waals surface area contributed by atoms with Crippen molar-refractivity contribution in [3.05, 3.63) is 28.9 Å². The first kappa shape index (κ1) is 14.4. The zero-order chi connectivity index (χ0) is 13.5. The quantitative estimate of drug-likeness (QED) is 0.707. The van der Waals surface area contributed by atoms with E-state index in [0.717, 1.165) is 35.5 Å². The van der Waals surface area contributed by atoms with Crippen molar-refractivity contribution in [3.63, 3.8) is 0 Å². The van der Waals surface area contributed by atoms with Crippen LogP contribution in [0.4, 0.5) is 0 Å². The maximum Gasteiger partial charge on any atom is 0.155 e. The summed E-state index contributed by atoms with van der Waals surface area (Å²) in [6, 6.07) is 0. The van der Waals surface area contributed by atoms with E-state index in [4.69, 9.17) is 9.84 Å². The van der Waals surface area contributed by atoms with Crippen molar-refractivity contribution in [2.75, 3.05) is 26.4 Å². The van der Waals surface area contributed by atoms with Crippen molar-refractivity contribution in [2.45, 2.75) is 13.0 Å². The minimum absolute atomic E-state index is 0.0815. The van der Waals surface area contributed by atoms with Gasteiger partial charge < -0.3 is 15.2 Å². The lowest BCUT2D eigenvalue weighted by molar-refractivity contribution is 0.0907. The van der Waals surface area contributed by atoms with Crippen molar-refractivity contribution in [2.24, 2.45) is 0 Å². The third-order valence-electron chi connectivity index (χ3n) is 2.63. The largest absolute Gasteiger partial charge is 0.394 e. The second-order valence-corrected chi connectivity index (χ2v) is 4.87. The first-order chi connectivity index (χ1) is 9.31. The molecule has 0 saturated heterocycles. The van der Waals surface area contributed by atoms with E-state index in [1.54, 1.807) is 6.20 Å². The van der Waals surface area contributed by atoms with Crippen LogP contribution in [-0.2, 0) is 11.3 Å². The van der Waals surface area contributed by atoms with E-state index in [1.165, 1.54) is 0 Å². The number of aliphatic hydroxyl groups is 1. The predicted molar refractivity (Wildman–Crippen MR) is 74.9 cm³/mol. The lowest BCUT2D eigenvalue weighted by Crippen LogP contribution is -2.17. The Kier molecular flexibility index (Phi) is 5.71. The van der Waals surface area contributed by atoms with Crippen LogP contribution in [0.5, 0.6) is 0 Å². The van der Waals surface area contributed by atoms with Gasteiger partial charge >= 0.3 is 0 Å². The number of aliphatic hydroxyl groups excluding tert-OH is 1. The maximum absolute atomic E-state index is 8.56. The van der Waals surface area contributed by atoms with Crippen LogP contribution in [0.1, 0.15) is 12.1 Å². The highest BCUT2D eigenvalue weighted by atomic mass is 79.9. The number of hydrogen-bond acceptors (Lipinski definition) is 5. The van der Waals surface area contributed by atoms with Crippen molar-refractivity contribution < 1.29 is 9.84 Å². The van der Waals surface area contributed by atoms with Crippen molar-refractivity contribution in [1.29, 1.82) is 0 Å². The van der Waals surface area contributed by atoms with Crippen LogP contribution >= 0.6 is 15.9 Å². The first-order valence-electron chi connectivity index (χ1n) is 6.18. The van der Waals surface area contributed by atoms with Crippen molar-refractivity contribution in [3.8, 4) is 0 Å². The Morgan fingerprint density at radius 1 is 1.32 bits per heavy atom. The van der Waals surface area contributed by atoms with Gasteiger partial charge in [-0.1, -0.05) is 0 Å². The molecule has 2 heterocycles. The molecule has 7 heteroatoms. The van der Waals surface area contributed by atoms with Gasteiger partial charge in [0.1, 0.15) is 4.60 Å². The zero-order valence-electron chi connectivity index (χ0n) is 10.5. The first-order valence-corrected chi connectivity index (χ1v) is 6.97. The molecule has 0 atom stereocenters. The van der Waals surface area contributed by atoms with Crippen LogP contribution < -0.4 is 5.32 Å². The van der Waals surface area contributed by atoms with Crippen LogP contribution in [0, 0.1) is 0 Å². The molecule has 0 aliphatic rings. The highest BCUT2D eigenvalue weighted by molar-refractivity contribution is 9.10. The minimum atomic E-state index is 0.0815. The number of nitrogens with one attached hydrogen (secondary N) is 1. The third-order valence-corrected chi connectivity index (χ3v) is 3.03. The molecule has 0 aliphatic carbocycles. The summed E-state index contributed by atoms with van der Waals surface area (Å²) in [5.74, 6) is 0. The molecule has 0 unspecified atom stereocenters. The van der Waals surface area contributed by atoms with Gasteiger partial charge in [-0.3, -0.25) is 4.40 Å². The van der Waals surface area contributed by atoms with Crippen LogP contribution in [0.3, 0.4) is 0 Å². The molecule has 2 aromatic rings. The van der Waals surface area contributed by atoms with Crippen LogP contribution in [0.2, 0.25) is 0 Å². The summed E-state index contributed by atoms with van der Waals surface area (Å²) < 4.78 is 7.98. The average molecular weight is 329 g/mol. The number of hydrogen-bond donors (Lipinski definition) is 2.